The van der Waals surface area contributed by atoms with Gasteiger partial charge in [-0.2, -0.15) is 0 Å². The summed E-state index contributed by atoms with van der Waals surface area (Å²) in [5.74, 6) is -0.0687. The Bertz CT molecular complexity index is 951. The van der Waals surface area contributed by atoms with Crippen LogP contribution >= 0.6 is 11.8 Å². The van der Waals surface area contributed by atoms with Crippen molar-refractivity contribution < 1.29 is 23.5 Å². The van der Waals surface area contributed by atoms with Crippen LogP contribution in [0, 0.1) is 27.7 Å². The van der Waals surface area contributed by atoms with E-state index >= 15 is 0 Å². The lowest BCUT2D eigenvalue weighted by atomic mass is 9.93. The number of aryl methyl sites for hydroxylation is 1. The summed E-state index contributed by atoms with van der Waals surface area (Å²) in [6.07, 6.45) is 1.53. The van der Waals surface area contributed by atoms with E-state index in [1.807, 2.05) is 33.8 Å². The van der Waals surface area contributed by atoms with Gasteiger partial charge in [0.05, 0.1) is 6.26 Å². The van der Waals surface area contributed by atoms with E-state index in [4.69, 9.17) is 9.15 Å². The van der Waals surface area contributed by atoms with Crippen LogP contribution in [0.3, 0.4) is 0 Å². The first kappa shape index (κ1) is 21.2. The summed E-state index contributed by atoms with van der Waals surface area (Å²) in [7, 11) is 0. The molecule has 2 heterocycles. The largest absolute Gasteiger partial charge is 0.466 e. The molecular weight excluding hydrogens is 390 g/mol. The zero-order chi connectivity index (χ0) is 21.3. The van der Waals surface area contributed by atoms with Gasteiger partial charge >= 0.3 is 5.97 Å². The minimum Gasteiger partial charge on any atom is -0.466 e. The van der Waals surface area contributed by atoms with Gasteiger partial charge in [0.25, 0.3) is 0 Å². The molecule has 1 fully saturated rings. The Balaban J connectivity index is 1.71. The Kier molecular flexibility index (Phi) is 6.17. The fourth-order valence-corrected chi connectivity index (χ4v) is 4.95. The lowest BCUT2D eigenvalue weighted by Gasteiger charge is -2.25. The minimum absolute atomic E-state index is 0.245. The molecule has 2 aromatic rings. The number of nitrogens with zero attached hydrogens (tertiary/aromatic N) is 1. The number of benzene rings is 1. The lowest BCUT2D eigenvalue weighted by Crippen LogP contribution is -2.43. The van der Waals surface area contributed by atoms with Gasteiger partial charge in [-0.05, 0) is 68.1 Å². The molecule has 29 heavy (non-hydrogen) atoms. The van der Waals surface area contributed by atoms with Gasteiger partial charge in [-0.1, -0.05) is 0 Å². The van der Waals surface area contributed by atoms with Crippen molar-refractivity contribution in [3.63, 3.8) is 0 Å². The molecule has 7 heteroatoms. The summed E-state index contributed by atoms with van der Waals surface area (Å²) in [5, 5.41) is -0.375. The molecule has 1 saturated heterocycles. The smallest absolute Gasteiger partial charge is 0.330 e. The number of Topliss-reactive ketones (excluding diaryl/α,β-unsaturated/α-hetero) is 1. The number of thioether (sulfide) groups is 1. The highest BCUT2D eigenvalue weighted by Crippen LogP contribution is 2.41. The molecule has 6 nitrogen and oxygen atoms in total. The molecule has 1 aromatic carbocycles. The average molecular weight is 416 g/mol. The Morgan fingerprint density at radius 1 is 1.17 bits per heavy atom. The predicted molar refractivity (Wildman–Crippen MR) is 111 cm³/mol. The Morgan fingerprint density at radius 3 is 2.52 bits per heavy atom. The molecule has 2 atom stereocenters. The number of ketones is 1. The third-order valence-corrected chi connectivity index (χ3v) is 6.83. The zero-order valence-corrected chi connectivity index (χ0v) is 18.1. The van der Waals surface area contributed by atoms with E-state index in [0.717, 1.165) is 22.3 Å². The first-order chi connectivity index (χ1) is 13.7. The van der Waals surface area contributed by atoms with Crippen molar-refractivity contribution in [2.24, 2.45) is 0 Å². The number of ether oxygens (including phenoxy) is 1. The van der Waals surface area contributed by atoms with Crippen molar-refractivity contribution in [1.29, 1.82) is 0 Å². The van der Waals surface area contributed by atoms with Gasteiger partial charge in [0.2, 0.25) is 11.7 Å². The highest BCUT2D eigenvalue weighted by atomic mass is 32.2. The molecule has 0 bridgehead atoms. The van der Waals surface area contributed by atoms with Gasteiger partial charge in [-0.25, -0.2) is 4.79 Å². The normalized spacial score (nSPS) is 18.7. The van der Waals surface area contributed by atoms with Crippen molar-refractivity contribution in [3.8, 4) is 0 Å². The van der Waals surface area contributed by atoms with Gasteiger partial charge in [-0.15, -0.1) is 11.8 Å². The maximum Gasteiger partial charge on any atom is 0.330 e. The van der Waals surface area contributed by atoms with Crippen LogP contribution in [0.15, 0.2) is 28.9 Å². The fraction of sp³-hybridized carbons (Fsp3) is 0.409. The number of hydrogen-bond donors (Lipinski definition) is 0. The lowest BCUT2D eigenvalue weighted by molar-refractivity contribution is -0.152. The maximum absolute atomic E-state index is 12.7. The SMILES string of the molecule is CC(=O)N1[C@@H](C(=O)OCC(=O)c2cc(C)c(C)c(C)c2C)CS[C@H]1c1ccco1. The Morgan fingerprint density at radius 2 is 1.90 bits per heavy atom. The number of amides is 1. The van der Waals surface area contributed by atoms with Crippen LogP contribution in [0.2, 0.25) is 0 Å². The van der Waals surface area contributed by atoms with E-state index < -0.39 is 12.0 Å². The average Bonchev–Trinajstić information content (AvgIpc) is 3.36. The van der Waals surface area contributed by atoms with Crippen molar-refractivity contribution in [3.05, 3.63) is 58.0 Å². The summed E-state index contributed by atoms with van der Waals surface area (Å²) in [4.78, 5) is 39.0. The maximum atomic E-state index is 12.7. The first-order valence-electron chi connectivity index (χ1n) is 9.43. The number of carbonyl (C=O) groups is 3. The second-order valence-corrected chi connectivity index (χ2v) is 8.40. The van der Waals surface area contributed by atoms with Gasteiger partial charge < -0.3 is 14.1 Å². The quantitative estimate of drug-likeness (QED) is 0.544. The molecule has 1 aliphatic rings. The Labute approximate surface area is 174 Å². The molecule has 0 aliphatic carbocycles. The zero-order valence-electron chi connectivity index (χ0n) is 17.3. The van der Waals surface area contributed by atoms with Gasteiger partial charge in [0.1, 0.15) is 17.2 Å². The third-order valence-electron chi connectivity index (χ3n) is 5.55. The van der Waals surface area contributed by atoms with Crippen molar-refractivity contribution in [2.75, 3.05) is 12.4 Å². The van der Waals surface area contributed by atoms with Crippen LogP contribution in [0.1, 0.15) is 50.7 Å². The Hall–Kier alpha value is -2.54. The van der Waals surface area contributed by atoms with E-state index in [0.29, 0.717) is 17.1 Å². The molecule has 0 saturated carbocycles. The number of carbonyl (C=O) groups excluding carboxylic acids is 3. The van der Waals surface area contributed by atoms with E-state index in [1.165, 1.54) is 29.8 Å². The second kappa shape index (κ2) is 8.45. The molecule has 154 valence electrons. The number of rotatable bonds is 5. The number of hydrogen-bond acceptors (Lipinski definition) is 6. The molecule has 1 amide bonds. The summed E-state index contributed by atoms with van der Waals surface area (Å²) in [6.45, 7) is 8.93. The first-order valence-corrected chi connectivity index (χ1v) is 10.5. The summed E-state index contributed by atoms with van der Waals surface area (Å²) < 4.78 is 10.7. The van der Waals surface area contributed by atoms with E-state index in [-0.39, 0.29) is 23.7 Å². The monoisotopic (exact) mass is 415 g/mol. The molecule has 1 aliphatic heterocycles. The molecule has 0 spiro atoms. The topological polar surface area (TPSA) is 76.8 Å². The molecule has 3 rings (SSSR count). The van der Waals surface area contributed by atoms with E-state index in [1.54, 1.807) is 12.1 Å². The minimum atomic E-state index is -0.747. The number of furan rings is 1. The highest BCUT2D eigenvalue weighted by Gasteiger charge is 2.43. The van der Waals surface area contributed by atoms with Crippen LogP contribution < -0.4 is 0 Å². The molecule has 0 unspecified atom stereocenters. The van der Waals surface area contributed by atoms with Crippen molar-refractivity contribution in [1.82, 2.24) is 4.90 Å². The van der Waals surface area contributed by atoms with E-state index in [2.05, 4.69) is 0 Å². The van der Waals surface area contributed by atoms with Crippen LogP contribution in [-0.2, 0) is 14.3 Å². The van der Waals surface area contributed by atoms with Crippen LogP contribution in [0.5, 0.6) is 0 Å². The molecule has 0 radical (unpaired) electrons. The van der Waals surface area contributed by atoms with Gasteiger partial charge in [0, 0.05) is 18.2 Å². The summed E-state index contributed by atoms with van der Waals surface area (Å²) >= 11 is 1.44. The summed E-state index contributed by atoms with van der Waals surface area (Å²) in [5.41, 5.74) is 4.71. The van der Waals surface area contributed by atoms with Crippen LogP contribution in [0.25, 0.3) is 0 Å². The fourth-order valence-electron chi connectivity index (χ4n) is 3.54. The molecule has 0 N–H and O–H groups in total. The predicted octanol–water partition coefficient (Wildman–Crippen LogP) is 3.90. The van der Waals surface area contributed by atoms with E-state index in [9.17, 15) is 14.4 Å². The standard InChI is InChI=1S/C22H25NO5S/c1-12-9-17(15(4)14(3)13(12)2)19(25)10-28-22(26)18-11-29-21(23(18)16(5)24)20-7-6-8-27-20/h6-9,18,21H,10-11H2,1-5H3/t18-,21+/m1/s1. The van der Waals surface area contributed by atoms with Crippen LogP contribution in [0.4, 0.5) is 0 Å². The highest BCUT2D eigenvalue weighted by molar-refractivity contribution is 7.99. The number of esters is 1. The van der Waals surface area contributed by atoms with Gasteiger partial charge in [0.15, 0.2) is 6.61 Å². The van der Waals surface area contributed by atoms with Gasteiger partial charge in [-0.3, -0.25) is 9.59 Å². The second-order valence-electron chi connectivity index (χ2n) is 7.29. The van der Waals surface area contributed by atoms with Crippen molar-refractivity contribution >= 4 is 29.4 Å². The van der Waals surface area contributed by atoms with Crippen molar-refractivity contribution in [2.45, 2.75) is 46.0 Å². The molecular formula is C22H25NO5S. The van der Waals surface area contributed by atoms with Crippen LogP contribution in [-0.4, -0.2) is 41.0 Å². The third kappa shape index (κ3) is 4.10. The summed E-state index contributed by atoms with van der Waals surface area (Å²) in [6, 6.07) is 4.61. The molecule has 1 aromatic heterocycles.